The van der Waals surface area contributed by atoms with Crippen LogP contribution < -0.4 is 9.47 Å². The third-order valence-electron chi connectivity index (χ3n) is 2.95. The van der Waals surface area contributed by atoms with Crippen molar-refractivity contribution in [2.45, 2.75) is 26.4 Å². The molecule has 112 valence electrons. The fraction of sp³-hybridized carbons (Fsp3) is 0.294. The van der Waals surface area contributed by atoms with Crippen molar-refractivity contribution in [1.29, 1.82) is 0 Å². The van der Waals surface area contributed by atoms with Crippen molar-refractivity contribution in [3.8, 4) is 17.2 Å². The molecule has 2 aromatic rings. The lowest BCUT2D eigenvalue weighted by atomic mass is 10.1. The Balaban J connectivity index is 2.14. The van der Waals surface area contributed by atoms with Crippen molar-refractivity contribution in [3.05, 3.63) is 53.8 Å². The van der Waals surface area contributed by atoms with Gasteiger partial charge in [0.25, 0.3) is 0 Å². The molecular formula is C17H19FO3. The second-order valence-electron chi connectivity index (χ2n) is 4.78. The maximum atomic E-state index is 13.2. The van der Waals surface area contributed by atoms with Crippen molar-refractivity contribution in [2.24, 2.45) is 0 Å². The van der Waals surface area contributed by atoms with Crippen molar-refractivity contribution in [3.63, 3.8) is 0 Å². The van der Waals surface area contributed by atoms with Crippen LogP contribution in [0.25, 0.3) is 0 Å². The zero-order chi connectivity index (χ0) is 15.2. The summed E-state index contributed by atoms with van der Waals surface area (Å²) in [5, 5.41) is 9.68. The molecular weight excluding hydrogens is 271 g/mol. The summed E-state index contributed by atoms with van der Waals surface area (Å²) in [6, 6.07) is 11.3. The van der Waals surface area contributed by atoms with E-state index in [2.05, 4.69) is 0 Å². The highest BCUT2D eigenvalue weighted by Gasteiger charge is 2.11. The lowest BCUT2D eigenvalue weighted by Crippen LogP contribution is -1.97. The van der Waals surface area contributed by atoms with E-state index >= 15 is 0 Å². The van der Waals surface area contributed by atoms with Crippen LogP contribution in [0.5, 0.6) is 17.2 Å². The zero-order valence-corrected chi connectivity index (χ0v) is 12.2. The van der Waals surface area contributed by atoms with E-state index in [9.17, 15) is 9.50 Å². The first-order valence-electron chi connectivity index (χ1n) is 6.98. The molecule has 0 aromatic heterocycles. The van der Waals surface area contributed by atoms with Crippen LogP contribution in [0.4, 0.5) is 4.39 Å². The van der Waals surface area contributed by atoms with Crippen LogP contribution in [-0.4, -0.2) is 11.7 Å². The molecule has 1 atom stereocenters. The van der Waals surface area contributed by atoms with Crippen LogP contribution in [-0.2, 0) is 0 Å². The Kier molecular flexibility index (Phi) is 5.17. The minimum absolute atomic E-state index is 0.401. The molecule has 0 heterocycles. The Labute approximate surface area is 124 Å². The maximum Gasteiger partial charge on any atom is 0.133 e. The Morgan fingerprint density at radius 2 is 1.76 bits per heavy atom. The zero-order valence-electron chi connectivity index (χ0n) is 12.2. The normalized spacial score (nSPS) is 12.0. The van der Waals surface area contributed by atoms with E-state index in [0.29, 0.717) is 23.7 Å². The fourth-order valence-electron chi connectivity index (χ4n) is 1.89. The van der Waals surface area contributed by atoms with Crippen LogP contribution >= 0.6 is 0 Å². The third kappa shape index (κ3) is 4.20. The average molecular weight is 290 g/mol. The maximum absolute atomic E-state index is 13.2. The Morgan fingerprint density at radius 1 is 1.10 bits per heavy atom. The van der Waals surface area contributed by atoms with Crippen molar-refractivity contribution in [1.82, 2.24) is 0 Å². The second kappa shape index (κ2) is 7.09. The molecule has 2 rings (SSSR count). The van der Waals surface area contributed by atoms with Gasteiger partial charge in [-0.05, 0) is 55.8 Å². The third-order valence-corrected chi connectivity index (χ3v) is 2.95. The Hall–Kier alpha value is -2.07. The van der Waals surface area contributed by atoms with Gasteiger partial charge in [0.15, 0.2) is 0 Å². The predicted octanol–water partition coefficient (Wildman–Crippen LogP) is 4.46. The predicted molar refractivity (Wildman–Crippen MR) is 79.3 cm³/mol. The number of aliphatic hydroxyl groups excluding tert-OH is 1. The van der Waals surface area contributed by atoms with Crippen molar-refractivity contribution >= 4 is 0 Å². The van der Waals surface area contributed by atoms with Gasteiger partial charge in [0.05, 0.1) is 12.7 Å². The average Bonchev–Trinajstić information content (AvgIpc) is 2.48. The topological polar surface area (TPSA) is 38.7 Å². The molecule has 0 aliphatic rings. The summed E-state index contributed by atoms with van der Waals surface area (Å²) in [5.41, 5.74) is 0.418. The molecule has 0 radical (unpaired) electrons. The molecule has 2 aromatic carbocycles. The van der Waals surface area contributed by atoms with E-state index < -0.39 is 11.9 Å². The summed E-state index contributed by atoms with van der Waals surface area (Å²) in [5.74, 6) is 1.42. The lowest BCUT2D eigenvalue weighted by Gasteiger charge is -2.13. The second-order valence-corrected chi connectivity index (χ2v) is 4.78. The van der Waals surface area contributed by atoms with Crippen LogP contribution in [0.15, 0.2) is 42.5 Å². The molecule has 0 spiro atoms. The van der Waals surface area contributed by atoms with Crippen LogP contribution in [0, 0.1) is 5.82 Å². The van der Waals surface area contributed by atoms with E-state index in [-0.39, 0.29) is 0 Å². The van der Waals surface area contributed by atoms with Gasteiger partial charge in [0.2, 0.25) is 0 Å². The number of halogens is 1. The smallest absolute Gasteiger partial charge is 0.133 e. The highest BCUT2D eigenvalue weighted by molar-refractivity contribution is 5.40. The van der Waals surface area contributed by atoms with Crippen LogP contribution in [0.2, 0.25) is 0 Å². The SMILES string of the molecule is CCCOc1ccc(Oc2ccc(F)cc2C(C)O)cc1. The molecule has 0 aliphatic carbocycles. The molecule has 21 heavy (non-hydrogen) atoms. The van der Waals surface area contributed by atoms with Gasteiger partial charge in [-0.2, -0.15) is 0 Å². The molecule has 0 saturated heterocycles. The molecule has 0 bridgehead atoms. The van der Waals surface area contributed by atoms with Gasteiger partial charge < -0.3 is 14.6 Å². The quantitative estimate of drug-likeness (QED) is 0.853. The summed E-state index contributed by atoms with van der Waals surface area (Å²) < 4.78 is 24.4. The first kappa shape index (κ1) is 15.3. The summed E-state index contributed by atoms with van der Waals surface area (Å²) >= 11 is 0. The van der Waals surface area contributed by atoms with Crippen molar-refractivity contribution < 1.29 is 19.0 Å². The lowest BCUT2D eigenvalue weighted by molar-refractivity contribution is 0.195. The highest BCUT2D eigenvalue weighted by atomic mass is 19.1. The number of rotatable bonds is 6. The number of ether oxygens (including phenoxy) is 2. The number of aliphatic hydroxyl groups is 1. The molecule has 4 heteroatoms. The van der Waals surface area contributed by atoms with Gasteiger partial charge in [-0.3, -0.25) is 0 Å². The van der Waals surface area contributed by atoms with Gasteiger partial charge >= 0.3 is 0 Å². The first-order valence-corrected chi connectivity index (χ1v) is 6.98. The standard InChI is InChI=1S/C17H19FO3/c1-3-10-20-14-5-7-15(8-6-14)21-17-9-4-13(18)11-16(17)12(2)19/h4-9,11-12,19H,3,10H2,1-2H3. The first-order chi connectivity index (χ1) is 10.1. The van der Waals surface area contributed by atoms with Gasteiger partial charge in [-0.15, -0.1) is 0 Å². The molecule has 1 N–H and O–H groups in total. The molecule has 1 unspecified atom stereocenters. The van der Waals surface area contributed by atoms with Gasteiger partial charge in [-0.25, -0.2) is 4.39 Å². The van der Waals surface area contributed by atoms with Crippen molar-refractivity contribution in [2.75, 3.05) is 6.61 Å². The fourth-order valence-corrected chi connectivity index (χ4v) is 1.89. The molecule has 0 amide bonds. The summed E-state index contributed by atoms with van der Waals surface area (Å²) in [7, 11) is 0. The van der Waals surface area contributed by atoms with Gasteiger partial charge in [0.1, 0.15) is 23.1 Å². The largest absolute Gasteiger partial charge is 0.494 e. The van der Waals surface area contributed by atoms with Gasteiger partial charge in [0, 0.05) is 5.56 Å². The monoisotopic (exact) mass is 290 g/mol. The van der Waals surface area contributed by atoms with Crippen LogP contribution in [0.1, 0.15) is 31.9 Å². The summed E-state index contributed by atoms with van der Waals surface area (Å²) in [6.07, 6.45) is 0.147. The molecule has 3 nitrogen and oxygen atoms in total. The number of hydrogen-bond acceptors (Lipinski definition) is 3. The van der Waals surface area contributed by atoms with E-state index in [1.807, 2.05) is 19.1 Å². The Bertz CT molecular complexity index is 579. The van der Waals surface area contributed by atoms with Gasteiger partial charge in [-0.1, -0.05) is 6.92 Å². The minimum Gasteiger partial charge on any atom is -0.494 e. The van der Waals surface area contributed by atoms with Crippen LogP contribution in [0.3, 0.4) is 0 Å². The van der Waals surface area contributed by atoms with E-state index in [1.165, 1.54) is 18.2 Å². The van der Waals surface area contributed by atoms with E-state index in [4.69, 9.17) is 9.47 Å². The molecule has 0 fully saturated rings. The summed E-state index contributed by atoms with van der Waals surface area (Å²) in [6.45, 7) is 4.29. The Morgan fingerprint density at radius 3 is 2.38 bits per heavy atom. The molecule has 0 saturated carbocycles. The number of benzene rings is 2. The molecule has 0 aliphatic heterocycles. The number of hydrogen-bond donors (Lipinski definition) is 1. The van der Waals surface area contributed by atoms with E-state index in [0.717, 1.165) is 12.2 Å². The summed E-state index contributed by atoms with van der Waals surface area (Å²) in [4.78, 5) is 0. The minimum atomic E-state index is -0.803. The highest BCUT2D eigenvalue weighted by Crippen LogP contribution is 2.31. The van der Waals surface area contributed by atoms with E-state index in [1.54, 1.807) is 19.1 Å².